The molecule has 96 valence electrons. The van der Waals surface area contributed by atoms with Gasteiger partial charge in [-0.3, -0.25) is 4.79 Å². The van der Waals surface area contributed by atoms with E-state index in [0.717, 1.165) is 23.5 Å². The lowest BCUT2D eigenvalue weighted by atomic mass is 10.2. The number of carbonyl (C=O) groups is 1. The Kier molecular flexibility index (Phi) is 3.93. The van der Waals surface area contributed by atoms with Gasteiger partial charge in [0.1, 0.15) is 0 Å². The molecule has 0 amide bonds. The van der Waals surface area contributed by atoms with Crippen molar-refractivity contribution in [3.05, 3.63) is 44.9 Å². The second-order valence-corrected chi connectivity index (χ2v) is 6.08. The second-order valence-electron chi connectivity index (χ2n) is 4.44. The van der Waals surface area contributed by atoms with Gasteiger partial charge in [-0.25, -0.2) is 0 Å². The molecule has 0 N–H and O–H groups in total. The number of aromatic nitrogens is 1. The maximum atomic E-state index is 11.7. The van der Waals surface area contributed by atoms with E-state index < -0.39 is 0 Å². The molecule has 0 saturated heterocycles. The number of rotatable bonds is 4. The lowest BCUT2D eigenvalue weighted by Gasteiger charge is -2.08. The van der Waals surface area contributed by atoms with E-state index in [2.05, 4.69) is 23.6 Å². The van der Waals surface area contributed by atoms with Crippen molar-refractivity contribution in [2.75, 3.05) is 5.88 Å². The molecule has 0 fully saturated rings. The number of Topliss-reactive ketones (excluding diaryl/α,β-unsaturated/α-hetero) is 1. The summed E-state index contributed by atoms with van der Waals surface area (Å²) in [7, 11) is 0. The van der Waals surface area contributed by atoms with Crippen LogP contribution in [0.2, 0.25) is 0 Å². The number of nitrogens with zero attached hydrogens (tertiary/aromatic N) is 1. The van der Waals surface area contributed by atoms with Gasteiger partial charge in [0.25, 0.3) is 0 Å². The number of halogens is 1. The molecule has 2 rings (SSSR count). The van der Waals surface area contributed by atoms with Gasteiger partial charge >= 0.3 is 0 Å². The highest BCUT2D eigenvalue weighted by Crippen LogP contribution is 2.21. The number of ketones is 1. The van der Waals surface area contributed by atoms with Gasteiger partial charge in [0.05, 0.1) is 12.4 Å². The molecule has 0 saturated carbocycles. The first kappa shape index (κ1) is 13.4. The first-order chi connectivity index (χ1) is 8.52. The Hall–Kier alpha value is -1.06. The Labute approximate surface area is 116 Å². The molecule has 0 atom stereocenters. The summed E-state index contributed by atoms with van der Waals surface area (Å²) in [6, 6.07) is 6.20. The molecule has 2 heterocycles. The Balaban J connectivity index is 2.34. The average Bonchev–Trinajstić information content (AvgIpc) is 2.87. The molecule has 0 unspecified atom stereocenters. The van der Waals surface area contributed by atoms with Gasteiger partial charge in [-0.1, -0.05) is 0 Å². The van der Waals surface area contributed by atoms with Crippen molar-refractivity contribution < 1.29 is 4.79 Å². The fraction of sp³-hybridized carbons (Fsp3) is 0.357. The molecule has 0 aliphatic carbocycles. The highest BCUT2D eigenvalue weighted by Gasteiger charge is 2.15. The molecule has 0 spiro atoms. The summed E-state index contributed by atoms with van der Waals surface area (Å²) in [6.45, 7) is 6.93. The fourth-order valence-corrected chi connectivity index (χ4v) is 3.15. The number of hydrogen-bond donors (Lipinski definition) is 0. The van der Waals surface area contributed by atoms with Gasteiger partial charge in [0.15, 0.2) is 5.78 Å². The zero-order valence-electron chi connectivity index (χ0n) is 10.8. The van der Waals surface area contributed by atoms with Crippen LogP contribution in [-0.4, -0.2) is 16.2 Å². The van der Waals surface area contributed by atoms with Gasteiger partial charge in [-0.15, -0.1) is 22.9 Å². The Morgan fingerprint density at radius 3 is 2.61 bits per heavy atom. The molecule has 2 aromatic rings. The van der Waals surface area contributed by atoms with Crippen LogP contribution in [0.25, 0.3) is 0 Å². The van der Waals surface area contributed by atoms with Gasteiger partial charge in [-0.05, 0) is 39.0 Å². The van der Waals surface area contributed by atoms with Crippen LogP contribution in [0.15, 0.2) is 18.2 Å². The minimum atomic E-state index is -0.00150. The lowest BCUT2D eigenvalue weighted by molar-refractivity contribution is 0.102. The minimum Gasteiger partial charge on any atom is -0.343 e. The normalized spacial score (nSPS) is 10.9. The highest BCUT2D eigenvalue weighted by molar-refractivity contribution is 7.11. The smallest absolute Gasteiger partial charge is 0.179 e. The summed E-state index contributed by atoms with van der Waals surface area (Å²) in [4.78, 5) is 14.3. The molecular formula is C14H16ClNOS. The van der Waals surface area contributed by atoms with E-state index >= 15 is 0 Å². The SMILES string of the molecule is Cc1ccc(Cn2c(C)cc(C(=O)CCl)c2C)s1. The molecule has 0 aromatic carbocycles. The minimum absolute atomic E-state index is 0.00150. The van der Waals surface area contributed by atoms with Gasteiger partial charge in [0, 0.05) is 26.7 Å². The monoisotopic (exact) mass is 281 g/mol. The summed E-state index contributed by atoms with van der Waals surface area (Å²) in [6.07, 6.45) is 0. The molecule has 0 bridgehead atoms. The molecule has 0 aliphatic rings. The van der Waals surface area contributed by atoms with Crippen molar-refractivity contribution in [3.8, 4) is 0 Å². The first-order valence-electron chi connectivity index (χ1n) is 5.84. The van der Waals surface area contributed by atoms with Crippen molar-refractivity contribution in [1.29, 1.82) is 0 Å². The van der Waals surface area contributed by atoms with Crippen LogP contribution in [-0.2, 0) is 6.54 Å². The standard InChI is InChI=1S/C14H16ClNOS/c1-9-6-13(14(17)7-15)11(3)16(9)8-12-5-4-10(2)18-12/h4-6H,7-8H2,1-3H3. The van der Waals surface area contributed by atoms with Crippen LogP contribution in [0.4, 0.5) is 0 Å². The maximum absolute atomic E-state index is 11.7. The van der Waals surface area contributed by atoms with E-state index in [0.29, 0.717) is 0 Å². The van der Waals surface area contributed by atoms with E-state index in [4.69, 9.17) is 11.6 Å². The Morgan fingerprint density at radius 2 is 2.06 bits per heavy atom. The number of carbonyl (C=O) groups excluding carboxylic acids is 1. The number of alkyl halides is 1. The number of hydrogen-bond acceptors (Lipinski definition) is 2. The second kappa shape index (κ2) is 5.29. The zero-order valence-corrected chi connectivity index (χ0v) is 12.4. The van der Waals surface area contributed by atoms with Crippen LogP contribution in [0.3, 0.4) is 0 Å². The quantitative estimate of drug-likeness (QED) is 0.614. The third-order valence-electron chi connectivity index (χ3n) is 3.11. The maximum Gasteiger partial charge on any atom is 0.179 e. The van der Waals surface area contributed by atoms with Crippen LogP contribution in [0, 0.1) is 20.8 Å². The lowest BCUT2D eigenvalue weighted by Crippen LogP contribution is -2.06. The molecule has 2 aromatic heterocycles. The fourth-order valence-electron chi connectivity index (χ4n) is 2.12. The Morgan fingerprint density at radius 1 is 1.33 bits per heavy atom. The average molecular weight is 282 g/mol. The third-order valence-corrected chi connectivity index (χ3v) is 4.33. The summed E-state index contributed by atoms with van der Waals surface area (Å²) in [5.41, 5.74) is 2.85. The predicted molar refractivity (Wildman–Crippen MR) is 77.1 cm³/mol. The number of aryl methyl sites for hydroxylation is 2. The van der Waals surface area contributed by atoms with Crippen LogP contribution >= 0.6 is 22.9 Å². The predicted octanol–water partition coefficient (Wildman–Crippen LogP) is 3.94. The highest BCUT2D eigenvalue weighted by atomic mass is 35.5. The molecule has 0 aliphatic heterocycles. The molecule has 0 radical (unpaired) electrons. The summed E-state index contributed by atoms with van der Waals surface area (Å²) >= 11 is 7.42. The van der Waals surface area contributed by atoms with Crippen molar-refractivity contribution in [1.82, 2.24) is 4.57 Å². The van der Waals surface area contributed by atoms with E-state index in [1.165, 1.54) is 9.75 Å². The van der Waals surface area contributed by atoms with Crippen molar-refractivity contribution in [2.24, 2.45) is 0 Å². The van der Waals surface area contributed by atoms with E-state index in [1.807, 2.05) is 19.9 Å². The topological polar surface area (TPSA) is 22.0 Å². The van der Waals surface area contributed by atoms with Crippen LogP contribution < -0.4 is 0 Å². The van der Waals surface area contributed by atoms with Crippen molar-refractivity contribution in [3.63, 3.8) is 0 Å². The third kappa shape index (κ3) is 2.52. The largest absolute Gasteiger partial charge is 0.343 e. The molecular weight excluding hydrogens is 266 g/mol. The number of thiophene rings is 1. The summed E-state index contributed by atoms with van der Waals surface area (Å²) in [5, 5.41) is 0. The molecule has 2 nitrogen and oxygen atoms in total. The Bertz CT molecular complexity index is 583. The summed E-state index contributed by atoms with van der Waals surface area (Å²) in [5.74, 6) is 0.0425. The van der Waals surface area contributed by atoms with Crippen molar-refractivity contribution >= 4 is 28.7 Å². The van der Waals surface area contributed by atoms with E-state index in [-0.39, 0.29) is 11.7 Å². The summed E-state index contributed by atoms with van der Waals surface area (Å²) < 4.78 is 2.17. The van der Waals surface area contributed by atoms with E-state index in [1.54, 1.807) is 11.3 Å². The zero-order chi connectivity index (χ0) is 13.3. The first-order valence-corrected chi connectivity index (χ1v) is 7.19. The molecule has 18 heavy (non-hydrogen) atoms. The van der Waals surface area contributed by atoms with Crippen molar-refractivity contribution in [2.45, 2.75) is 27.3 Å². The van der Waals surface area contributed by atoms with Gasteiger partial charge in [0.2, 0.25) is 0 Å². The van der Waals surface area contributed by atoms with Gasteiger partial charge in [-0.2, -0.15) is 0 Å². The van der Waals surface area contributed by atoms with E-state index in [9.17, 15) is 4.79 Å². The van der Waals surface area contributed by atoms with Gasteiger partial charge < -0.3 is 4.57 Å². The van der Waals surface area contributed by atoms with Crippen LogP contribution in [0.1, 0.15) is 31.5 Å². The molecule has 4 heteroatoms. The van der Waals surface area contributed by atoms with Crippen LogP contribution in [0.5, 0.6) is 0 Å².